The molecule has 35 nitrogen and oxygen atoms in total. The van der Waals surface area contributed by atoms with E-state index in [0.29, 0.717) is 19.8 Å². The van der Waals surface area contributed by atoms with Gasteiger partial charge in [-0.15, -0.1) is 5.10 Å². The van der Waals surface area contributed by atoms with Gasteiger partial charge in [0.2, 0.25) is 36.3 Å². The van der Waals surface area contributed by atoms with E-state index in [9.17, 15) is 72.9 Å². The monoisotopic (exact) mass is 1340 g/mol. The minimum atomic E-state index is -2.81. The number of hydrogen-bond acceptors (Lipinski definition) is 33. The summed E-state index contributed by atoms with van der Waals surface area (Å²) in [5.41, 5.74) is 0.0326. The van der Waals surface area contributed by atoms with Crippen molar-refractivity contribution in [3.8, 4) is 0 Å². The Morgan fingerprint density at radius 3 is 1.45 bits per heavy atom. The molecule has 94 heavy (non-hydrogen) atoms. The van der Waals surface area contributed by atoms with E-state index in [4.69, 9.17) is 75.8 Å². The second-order valence-electron chi connectivity index (χ2n) is 20.2. The SMILES string of the molecule is CCCOCCOCCn1cc(CO[C@H](O)/C(OC(C)=O)=C(\OC(C)=O)[C@@H](CCOC(C)=O)O[C@@H](O)/C(OC(C)=O)=C(/OC(C)=O)[C@@H](CCOC(C)=O)O[C@@H](O)/C(=C\[C@@H](CC)N(C(C)=O)[C@H]2C=C(COC(C)=O)[C@@H](OC(C)=O)[C@H](OC(C)=O)[C@H]2OC(C)=O)OC(C)=O)nn1. The third kappa shape index (κ3) is 30.0. The molecule has 0 spiro atoms. The Morgan fingerprint density at radius 2 is 0.989 bits per heavy atom. The Kier molecular flexibility index (Phi) is 36.3. The van der Waals surface area contributed by atoms with Crippen molar-refractivity contribution >= 4 is 71.6 Å². The zero-order valence-electron chi connectivity index (χ0n) is 54.8. The van der Waals surface area contributed by atoms with Crippen LogP contribution in [-0.2, 0) is 146 Å². The fourth-order valence-corrected chi connectivity index (χ4v) is 8.67. The lowest BCUT2D eigenvalue weighted by Crippen LogP contribution is -2.61. The first kappa shape index (κ1) is 81.5. The van der Waals surface area contributed by atoms with Gasteiger partial charge in [0.1, 0.15) is 24.5 Å². The summed E-state index contributed by atoms with van der Waals surface area (Å²) < 4.78 is 89.2. The van der Waals surface area contributed by atoms with E-state index in [1.165, 1.54) is 23.9 Å². The van der Waals surface area contributed by atoms with Gasteiger partial charge in [0, 0.05) is 108 Å². The molecule has 2 rings (SSSR count). The van der Waals surface area contributed by atoms with Gasteiger partial charge in [0.05, 0.1) is 64.5 Å². The molecule has 0 aliphatic heterocycles. The summed E-state index contributed by atoms with van der Waals surface area (Å²) in [6, 6.07) is -2.97. The van der Waals surface area contributed by atoms with Crippen LogP contribution in [0.25, 0.3) is 0 Å². The van der Waals surface area contributed by atoms with E-state index in [1.807, 2.05) is 6.92 Å². The molecule has 1 aromatic heterocycles. The number of carbonyl (C=O) groups is 12. The Hall–Kier alpha value is -8.58. The average Bonchev–Trinajstić information content (AvgIpc) is 0.823. The highest BCUT2D eigenvalue weighted by molar-refractivity contribution is 5.76. The number of esters is 11. The molecule has 0 bridgehead atoms. The highest BCUT2D eigenvalue weighted by Crippen LogP contribution is 2.35. The summed E-state index contributed by atoms with van der Waals surface area (Å²) in [5.74, 6) is -17.5. The second kappa shape index (κ2) is 41.9. The summed E-state index contributed by atoms with van der Waals surface area (Å²) in [7, 11) is 0. The van der Waals surface area contributed by atoms with Gasteiger partial charge in [-0.05, 0) is 18.9 Å². The molecule has 3 N–H and O–H groups in total. The molecule has 1 heterocycles. The fourth-order valence-electron chi connectivity index (χ4n) is 8.67. The Morgan fingerprint density at radius 1 is 0.521 bits per heavy atom. The van der Waals surface area contributed by atoms with E-state index >= 15 is 0 Å². The van der Waals surface area contributed by atoms with Crippen molar-refractivity contribution in [2.45, 2.75) is 197 Å². The predicted molar refractivity (Wildman–Crippen MR) is 310 cm³/mol. The van der Waals surface area contributed by atoms with Crippen molar-refractivity contribution in [2.24, 2.45) is 0 Å². The molecular formula is C59H84N4O31. The third-order valence-electron chi connectivity index (χ3n) is 12.0. The number of hydrogen-bond donors (Lipinski definition) is 3. The van der Waals surface area contributed by atoms with E-state index in [-0.39, 0.29) is 30.8 Å². The van der Waals surface area contributed by atoms with Crippen molar-refractivity contribution in [3.63, 3.8) is 0 Å². The summed E-state index contributed by atoms with van der Waals surface area (Å²) in [6.45, 7) is 13.9. The van der Waals surface area contributed by atoms with Gasteiger partial charge in [-0.1, -0.05) is 25.1 Å². The number of amides is 1. The lowest BCUT2D eigenvalue weighted by Gasteiger charge is -2.45. The molecule has 1 aliphatic carbocycles. The van der Waals surface area contributed by atoms with Crippen molar-refractivity contribution in [1.82, 2.24) is 19.9 Å². The van der Waals surface area contributed by atoms with Crippen LogP contribution >= 0.6 is 0 Å². The molecule has 10 atom stereocenters. The largest absolute Gasteiger partial charge is 0.466 e. The van der Waals surface area contributed by atoms with Gasteiger partial charge in [-0.2, -0.15) is 0 Å². The first-order chi connectivity index (χ1) is 44.2. The van der Waals surface area contributed by atoms with Gasteiger partial charge in [-0.25, -0.2) is 4.68 Å². The lowest BCUT2D eigenvalue weighted by atomic mass is 9.85. The molecule has 1 aromatic rings. The molecule has 1 amide bonds. The molecule has 0 radical (unpaired) electrons. The number of aromatic nitrogens is 3. The van der Waals surface area contributed by atoms with E-state index in [1.54, 1.807) is 0 Å². The first-order valence-corrected chi connectivity index (χ1v) is 29.2. The van der Waals surface area contributed by atoms with Gasteiger partial charge in [-0.3, -0.25) is 57.5 Å². The maximum absolute atomic E-state index is 14.1. The third-order valence-corrected chi connectivity index (χ3v) is 12.0. The maximum atomic E-state index is 14.1. The topological polar surface area (TPSA) is 447 Å². The van der Waals surface area contributed by atoms with Gasteiger partial charge >= 0.3 is 65.7 Å². The van der Waals surface area contributed by atoms with Crippen molar-refractivity contribution in [2.75, 3.05) is 46.2 Å². The summed E-state index contributed by atoms with van der Waals surface area (Å²) >= 11 is 0. The number of nitrogens with zero attached hydrogens (tertiary/aromatic N) is 4. The van der Waals surface area contributed by atoms with Crippen LogP contribution in [0.3, 0.4) is 0 Å². The summed E-state index contributed by atoms with van der Waals surface area (Å²) in [5, 5.41) is 43.8. The van der Waals surface area contributed by atoms with Crippen LogP contribution in [0.5, 0.6) is 0 Å². The zero-order chi connectivity index (χ0) is 70.9. The number of carbonyl (C=O) groups excluding carboxylic acids is 12. The van der Waals surface area contributed by atoms with E-state index < -0.39 is 201 Å². The normalized spacial score (nSPS) is 17.8. The van der Waals surface area contributed by atoms with Crippen LogP contribution < -0.4 is 0 Å². The van der Waals surface area contributed by atoms with Crippen LogP contribution in [-0.4, -0.2) is 215 Å². The molecule has 0 saturated carbocycles. The Bertz CT molecular complexity index is 2910. The smallest absolute Gasteiger partial charge is 0.308 e. The van der Waals surface area contributed by atoms with Crippen LogP contribution in [0.2, 0.25) is 0 Å². The average molecular weight is 1350 g/mol. The quantitative estimate of drug-likeness (QED) is 0.0208. The van der Waals surface area contributed by atoms with Crippen molar-refractivity contribution in [3.05, 3.63) is 58.4 Å². The Balaban J connectivity index is 3.04. The molecule has 0 unspecified atom stereocenters. The van der Waals surface area contributed by atoms with Crippen LogP contribution in [0.1, 0.15) is 128 Å². The zero-order valence-corrected chi connectivity index (χ0v) is 54.8. The molecule has 1 aliphatic rings. The van der Waals surface area contributed by atoms with Gasteiger partial charge < -0.3 is 96.0 Å². The highest BCUT2D eigenvalue weighted by Gasteiger charge is 2.50. The van der Waals surface area contributed by atoms with Crippen LogP contribution in [0.4, 0.5) is 0 Å². The number of aliphatic hydroxyl groups is 3. The summed E-state index contributed by atoms with van der Waals surface area (Å²) in [4.78, 5) is 154. The van der Waals surface area contributed by atoms with Crippen LogP contribution in [0.15, 0.2) is 52.7 Å². The van der Waals surface area contributed by atoms with Crippen LogP contribution in [0, 0.1) is 0 Å². The number of aliphatic hydroxyl groups excluding tert-OH is 3. The first-order valence-electron chi connectivity index (χ1n) is 29.2. The molecule has 0 aromatic carbocycles. The van der Waals surface area contributed by atoms with E-state index in [2.05, 4.69) is 10.3 Å². The van der Waals surface area contributed by atoms with Gasteiger partial charge in [0.15, 0.2) is 35.6 Å². The lowest BCUT2D eigenvalue weighted by molar-refractivity contribution is -0.188. The molecule has 0 fully saturated rings. The molecular weight excluding hydrogens is 1260 g/mol. The van der Waals surface area contributed by atoms with Crippen molar-refractivity contribution < 1.29 is 149 Å². The molecule has 0 saturated heterocycles. The highest BCUT2D eigenvalue weighted by atomic mass is 16.7. The minimum Gasteiger partial charge on any atom is -0.466 e. The molecule has 35 heteroatoms. The maximum Gasteiger partial charge on any atom is 0.308 e. The minimum absolute atomic E-state index is 0.0735. The van der Waals surface area contributed by atoms with Gasteiger partial charge in [0.25, 0.3) is 0 Å². The Labute approximate surface area is 540 Å². The number of rotatable bonds is 40. The fraction of sp³-hybridized carbons (Fsp3) is 0.627. The predicted octanol–water partition coefficient (Wildman–Crippen LogP) is 1.29. The number of ether oxygens (including phenoxy) is 16. The van der Waals surface area contributed by atoms with Crippen molar-refractivity contribution in [1.29, 1.82) is 0 Å². The standard InChI is InChI=1S/C59H84N4O31/c1-15-20-79-24-25-80-23-19-62-28-44(60-61-62)30-84-58(77)55(91-41(13)74)52(88-38(10)71)48(18-22-82-33(5)66)94-59(78)56(92-42(14)75)53(89-39(11)72)47(17-21-81-32(4)65)93-57(76)49(85-35(7)68)27-45(16-2)63(31(3)64)46-26-43(29-83-34(6)67)50(86-36(8)69)54(90-40(12)73)51(46)87-37(9)70/h26-28,45-48,50-51,54,57-59,76-78H,15-25,29-30H2,1-14H3/b49-27+,55-52+,56-53-/t45-,46+,47-,48-,50-,51+,54+,57-,58+,59-/m1/s1. The molecule has 526 valence electrons. The van der Waals surface area contributed by atoms with E-state index in [0.717, 1.165) is 100 Å². The summed E-state index contributed by atoms with van der Waals surface area (Å²) in [6.07, 6.45) is -14.2. The second-order valence-corrected chi connectivity index (χ2v) is 20.2.